The number of hydrogen-bond donors (Lipinski definition) is 2. The highest BCUT2D eigenvalue weighted by Crippen LogP contribution is 2.44. The first-order chi connectivity index (χ1) is 13.9. The first-order valence-corrected chi connectivity index (χ1v) is 11.3. The highest BCUT2D eigenvalue weighted by molar-refractivity contribution is 7.18. The van der Waals surface area contributed by atoms with Gasteiger partial charge < -0.3 is 0 Å². The van der Waals surface area contributed by atoms with Crippen LogP contribution in [0.4, 0.5) is 8.78 Å². The number of thiophene rings is 1. The molecule has 0 saturated heterocycles. The van der Waals surface area contributed by atoms with Gasteiger partial charge >= 0.3 is 5.69 Å². The number of aromatic nitrogens is 2. The lowest BCUT2D eigenvalue weighted by atomic mass is 9.81. The monoisotopic (exact) mass is 440 g/mol. The molecule has 2 N–H and O–H groups in total. The van der Waals surface area contributed by atoms with Crippen molar-refractivity contribution in [3.05, 3.63) is 31.3 Å². The van der Waals surface area contributed by atoms with Crippen molar-refractivity contribution in [3.63, 3.8) is 0 Å². The largest absolute Gasteiger partial charge is 0.332 e. The van der Waals surface area contributed by atoms with Gasteiger partial charge in [-0.1, -0.05) is 6.92 Å². The van der Waals surface area contributed by atoms with Crippen LogP contribution in [-0.2, 0) is 13.1 Å². The molecular weight excluding hydrogens is 410 g/mol. The van der Waals surface area contributed by atoms with Crippen LogP contribution in [0.3, 0.4) is 0 Å². The minimum Gasteiger partial charge on any atom is -0.284 e. The molecule has 2 saturated carbocycles. The Labute approximate surface area is 178 Å². The third kappa shape index (κ3) is 3.99. The van der Waals surface area contributed by atoms with E-state index in [2.05, 4.69) is 10.9 Å². The molecule has 2 heterocycles. The summed E-state index contributed by atoms with van der Waals surface area (Å²) in [6, 6.07) is -0.0908. The molecular formula is C21H30F2N4O2S. The maximum atomic E-state index is 13.4. The number of fused-ring (bicyclic) bond motifs is 1. The Bertz CT molecular complexity index is 1090. The van der Waals surface area contributed by atoms with Gasteiger partial charge in [-0.05, 0) is 51.5 Å². The number of rotatable bonds is 6. The standard InChI is InChI=1S/C21H30F2N4O2S/c1-11-6-14(11)27-17(28)16-12(2)15(9-24-25-20(3,4)5)30-18(16)26(19(27)29)10-13-7-21(22,23)8-13/h11,13-14,24-25H,6-10H2,1-5H3/t11-,14-/m0/s1. The van der Waals surface area contributed by atoms with E-state index in [1.807, 2.05) is 34.6 Å². The fraction of sp³-hybridized carbons (Fsp3) is 0.714. The molecule has 2 fully saturated rings. The van der Waals surface area contributed by atoms with E-state index < -0.39 is 5.92 Å². The van der Waals surface area contributed by atoms with E-state index in [0.717, 1.165) is 16.9 Å². The first kappa shape index (κ1) is 21.6. The van der Waals surface area contributed by atoms with Gasteiger partial charge in [0.1, 0.15) is 4.83 Å². The van der Waals surface area contributed by atoms with E-state index in [1.165, 1.54) is 15.9 Å². The van der Waals surface area contributed by atoms with Crippen molar-refractivity contribution < 1.29 is 8.78 Å². The van der Waals surface area contributed by atoms with Gasteiger partial charge in [-0.3, -0.25) is 24.8 Å². The molecule has 0 aliphatic heterocycles. The third-order valence-electron chi connectivity index (χ3n) is 6.07. The molecule has 0 radical (unpaired) electrons. The van der Waals surface area contributed by atoms with Crippen molar-refractivity contribution in [1.82, 2.24) is 20.0 Å². The number of nitrogens with zero attached hydrogens (tertiary/aromatic N) is 2. The van der Waals surface area contributed by atoms with Crippen LogP contribution in [0.5, 0.6) is 0 Å². The SMILES string of the molecule is Cc1c(CNNC(C)(C)C)sc2c1c(=O)n([C@H]1C[C@@H]1C)c(=O)n2CC1CC(F)(F)C1. The Morgan fingerprint density at radius 3 is 2.40 bits per heavy atom. The zero-order chi connectivity index (χ0) is 22.0. The van der Waals surface area contributed by atoms with Gasteiger partial charge in [0.15, 0.2) is 0 Å². The molecule has 2 aliphatic carbocycles. The quantitative estimate of drug-likeness (QED) is 0.674. The lowest BCUT2D eigenvalue weighted by Crippen LogP contribution is -2.45. The summed E-state index contributed by atoms with van der Waals surface area (Å²) in [5.41, 5.74) is 6.54. The molecule has 166 valence electrons. The van der Waals surface area contributed by atoms with Crippen LogP contribution < -0.4 is 22.1 Å². The lowest BCUT2D eigenvalue weighted by Gasteiger charge is -2.35. The number of halogens is 2. The van der Waals surface area contributed by atoms with Gasteiger partial charge in [0, 0.05) is 42.4 Å². The summed E-state index contributed by atoms with van der Waals surface area (Å²) in [5.74, 6) is -2.59. The molecule has 0 aromatic carbocycles. The van der Waals surface area contributed by atoms with E-state index in [4.69, 9.17) is 0 Å². The minimum atomic E-state index is -2.63. The predicted octanol–water partition coefficient (Wildman–Crippen LogP) is 3.55. The third-order valence-corrected chi connectivity index (χ3v) is 7.38. The summed E-state index contributed by atoms with van der Waals surface area (Å²) in [7, 11) is 0. The Balaban J connectivity index is 1.76. The topological polar surface area (TPSA) is 68.1 Å². The van der Waals surface area contributed by atoms with Crippen molar-refractivity contribution in [3.8, 4) is 0 Å². The summed E-state index contributed by atoms with van der Waals surface area (Å²) in [4.78, 5) is 28.1. The van der Waals surface area contributed by atoms with Crippen molar-refractivity contribution in [2.45, 2.75) is 84.5 Å². The Morgan fingerprint density at radius 2 is 1.87 bits per heavy atom. The number of nitrogens with one attached hydrogen (secondary N) is 2. The van der Waals surface area contributed by atoms with Crippen molar-refractivity contribution in [1.29, 1.82) is 0 Å². The van der Waals surface area contributed by atoms with E-state index in [1.54, 1.807) is 4.57 Å². The Morgan fingerprint density at radius 1 is 1.23 bits per heavy atom. The summed E-state index contributed by atoms with van der Waals surface area (Å²) in [5, 5.41) is 0.553. The lowest BCUT2D eigenvalue weighted by molar-refractivity contribution is -0.114. The molecule has 2 aromatic rings. The highest BCUT2D eigenvalue weighted by atomic mass is 32.1. The van der Waals surface area contributed by atoms with Crippen LogP contribution in [0, 0.1) is 18.8 Å². The van der Waals surface area contributed by atoms with Gasteiger partial charge in [0.05, 0.1) is 5.39 Å². The van der Waals surface area contributed by atoms with Crippen molar-refractivity contribution in [2.24, 2.45) is 11.8 Å². The Kier molecular flexibility index (Phi) is 5.22. The van der Waals surface area contributed by atoms with Gasteiger partial charge in [-0.25, -0.2) is 13.6 Å². The van der Waals surface area contributed by atoms with Crippen LogP contribution >= 0.6 is 11.3 Å². The van der Waals surface area contributed by atoms with Gasteiger partial charge in [0.2, 0.25) is 5.92 Å². The average molecular weight is 441 g/mol. The maximum Gasteiger partial charge on any atom is 0.332 e. The average Bonchev–Trinajstić information content (AvgIpc) is 3.20. The van der Waals surface area contributed by atoms with E-state index in [-0.39, 0.29) is 54.1 Å². The summed E-state index contributed by atoms with van der Waals surface area (Å²) in [6.45, 7) is 10.8. The fourth-order valence-electron chi connectivity index (χ4n) is 4.26. The zero-order valence-corrected chi connectivity index (χ0v) is 19.0. The van der Waals surface area contributed by atoms with Crippen molar-refractivity contribution >= 4 is 21.6 Å². The molecule has 30 heavy (non-hydrogen) atoms. The summed E-state index contributed by atoms with van der Waals surface area (Å²) < 4.78 is 29.7. The van der Waals surface area contributed by atoms with Crippen LogP contribution in [-0.4, -0.2) is 20.6 Å². The van der Waals surface area contributed by atoms with E-state index in [9.17, 15) is 18.4 Å². The number of alkyl halides is 2. The number of hydrazine groups is 1. The zero-order valence-electron chi connectivity index (χ0n) is 18.1. The highest BCUT2D eigenvalue weighted by Gasteiger charge is 2.46. The molecule has 0 bridgehead atoms. The molecule has 2 aliphatic rings. The molecule has 4 rings (SSSR count). The molecule has 2 aromatic heterocycles. The molecule has 2 atom stereocenters. The number of hydrogen-bond acceptors (Lipinski definition) is 5. The smallest absolute Gasteiger partial charge is 0.284 e. The van der Waals surface area contributed by atoms with Crippen LogP contribution in [0.25, 0.3) is 10.2 Å². The predicted molar refractivity (Wildman–Crippen MR) is 115 cm³/mol. The van der Waals surface area contributed by atoms with Gasteiger partial charge in [-0.2, -0.15) is 0 Å². The summed E-state index contributed by atoms with van der Waals surface area (Å²) >= 11 is 1.41. The minimum absolute atomic E-state index is 0.0908. The van der Waals surface area contributed by atoms with E-state index >= 15 is 0 Å². The molecule has 0 spiro atoms. The fourth-order valence-corrected chi connectivity index (χ4v) is 5.49. The second-order valence-electron chi connectivity index (χ2n) is 10.0. The molecule has 6 nitrogen and oxygen atoms in total. The molecule has 0 amide bonds. The van der Waals surface area contributed by atoms with E-state index in [0.29, 0.717) is 16.8 Å². The number of aryl methyl sites for hydroxylation is 1. The second-order valence-corrected chi connectivity index (χ2v) is 11.1. The van der Waals surface area contributed by atoms with Gasteiger partial charge in [0.25, 0.3) is 5.56 Å². The normalized spacial score (nSPS) is 23.7. The molecule has 9 heteroatoms. The van der Waals surface area contributed by atoms with Crippen LogP contribution in [0.2, 0.25) is 0 Å². The maximum absolute atomic E-state index is 13.4. The van der Waals surface area contributed by atoms with Crippen LogP contribution in [0.15, 0.2) is 9.59 Å². The second kappa shape index (κ2) is 7.24. The Hall–Kier alpha value is -1.58. The summed E-state index contributed by atoms with van der Waals surface area (Å²) in [6.07, 6.45) is 0.400. The van der Waals surface area contributed by atoms with Crippen LogP contribution in [0.1, 0.15) is 63.4 Å². The molecule has 0 unspecified atom stereocenters. The first-order valence-electron chi connectivity index (χ1n) is 10.5. The van der Waals surface area contributed by atoms with Gasteiger partial charge in [-0.15, -0.1) is 11.3 Å². The van der Waals surface area contributed by atoms with Crippen molar-refractivity contribution in [2.75, 3.05) is 0 Å².